The molecule has 3 aliphatic rings. The number of primary amides is 1. The number of likely N-dealkylation sites (N-methyl/N-ethyl adjacent to an activating group) is 1. The van der Waals surface area contributed by atoms with Gasteiger partial charge in [0.2, 0.25) is 11.7 Å². The van der Waals surface area contributed by atoms with E-state index in [2.05, 4.69) is 21.2 Å². The smallest absolute Gasteiger partial charge is 0.255 e. The summed E-state index contributed by atoms with van der Waals surface area (Å²) in [5, 5.41) is 46.9. The largest absolute Gasteiger partial charge is 0.508 e. The first-order valence-corrected chi connectivity index (χ1v) is 12.1. The van der Waals surface area contributed by atoms with Gasteiger partial charge in [-0.15, -0.1) is 17.0 Å². The number of aliphatic hydroxyl groups is 3. The monoisotopic (exact) mass is 643 g/mol. The van der Waals surface area contributed by atoms with E-state index < -0.39 is 74.5 Å². The maximum absolute atomic E-state index is 13.8. The molecule has 200 valence electrons. The van der Waals surface area contributed by atoms with Crippen molar-refractivity contribution >= 4 is 67.7 Å². The molecular formula is C24H27Br2N3O8. The lowest BCUT2D eigenvalue weighted by Crippen LogP contribution is -2.65. The minimum absolute atomic E-state index is 0. The summed E-state index contributed by atoms with van der Waals surface area (Å²) in [4.78, 5) is 51.8. The molecule has 0 aliphatic heterocycles. The number of nitrogens with zero attached hydrogens (tertiary/aromatic N) is 1. The molecule has 37 heavy (non-hydrogen) atoms. The Morgan fingerprint density at radius 1 is 1.22 bits per heavy atom. The van der Waals surface area contributed by atoms with E-state index in [-0.39, 0.29) is 46.6 Å². The third-order valence-corrected chi connectivity index (χ3v) is 7.63. The first-order valence-electron chi connectivity index (χ1n) is 11.2. The third-order valence-electron chi connectivity index (χ3n) is 7.21. The fraction of sp³-hybridized carbons (Fsp3) is 0.417. The number of nitrogens with two attached hydrogens (primary N) is 1. The molecule has 5 atom stereocenters. The van der Waals surface area contributed by atoms with E-state index in [0.717, 1.165) is 0 Å². The summed E-state index contributed by atoms with van der Waals surface area (Å²) >= 11 is 3.13. The maximum Gasteiger partial charge on any atom is 0.255 e. The van der Waals surface area contributed by atoms with Crippen LogP contribution in [0.15, 0.2) is 29.0 Å². The fourth-order valence-corrected chi connectivity index (χ4v) is 5.67. The average Bonchev–Trinajstić information content (AvgIpc) is 2.77. The van der Waals surface area contributed by atoms with Crippen molar-refractivity contribution in [2.75, 3.05) is 19.4 Å². The number of benzene rings is 1. The summed E-state index contributed by atoms with van der Waals surface area (Å²) in [5.41, 5.74) is 1.89. The number of Topliss-reactive ketones (excluding diaryl/α,β-unsaturated/α-hetero) is 2. The number of carbonyl (C=O) groups excluding carboxylic acids is 4. The molecule has 1 aromatic rings. The Hall–Kier alpha value is -2.74. The van der Waals surface area contributed by atoms with Gasteiger partial charge < -0.3 is 31.5 Å². The van der Waals surface area contributed by atoms with Crippen LogP contribution in [0.4, 0.5) is 5.69 Å². The molecule has 1 saturated carbocycles. The van der Waals surface area contributed by atoms with Crippen LogP contribution in [0.25, 0.3) is 5.76 Å². The Bertz CT molecular complexity index is 1290. The van der Waals surface area contributed by atoms with E-state index in [1.165, 1.54) is 25.1 Å². The van der Waals surface area contributed by atoms with Crippen LogP contribution in [0.1, 0.15) is 24.5 Å². The van der Waals surface area contributed by atoms with Gasteiger partial charge in [0, 0.05) is 11.5 Å². The zero-order valence-corrected chi connectivity index (χ0v) is 23.4. The summed E-state index contributed by atoms with van der Waals surface area (Å²) in [6.45, 7) is 1.59. The summed E-state index contributed by atoms with van der Waals surface area (Å²) in [7, 11) is 3.07. The van der Waals surface area contributed by atoms with Crippen LogP contribution >= 0.6 is 32.9 Å². The highest BCUT2D eigenvalue weighted by atomic mass is 79.9. The number of fused-ring (bicyclic) bond motifs is 3. The van der Waals surface area contributed by atoms with Crippen molar-refractivity contribution in [3.05, 3.63) is 40.2 Å². The zero-order chi connectivity index (χ0) is 26.9. The molecule has 0 bridgehead atoms. The van der Waals surface area contributed by atoms with Gasteiger partial charge >= 0.3 is 0 Å². The summed E-state index contributed by atoms with van der Waals surface area (Å²) in [6, 6.07) is 1.93. The van der Waals surface area contributed by atoms with Crippen LogP contribution in [0.3, 0.4) is 0 Å². The van der Waals surface area contributed by atoms with E-state index in [1.54, 1.807) is 13.0 Å². The highest BCUT2D eigenvalue weighted by Gasteiger charge is 2.64. The van der Waals surface area contributed by atoms with Gasteiger partial charge in [0.1, 0.15) is 22.8 Å². The molecule has 2 amide bonds. The Labute approximate surface area is 230 Å². The molecule has 0 spiro atoms. The van der Waals surface area contributed by atoms with Crippen molar-refractivity contribution in [1.29, 1.82) is 0 Å². The van der Waals surface area contributed by atoms with E-state index >= 15 is 0 Å². The Balaban J connectivity index is 0.00000380. The highest BCUT2D eigenvalue weighted by molar-refractivity contribution is 9.10. The molecule has 0 heterocycles. The average molecular weight is 645 g/mol. The van der Waals surface area contributed by atoms with Gasteiger partial charge in [0.15, 0.2) is 11.4 Å². The summed E-state index contributed by atoms with van der Waals surface area (Å²) in [5.74, 6) is -7.67. The molecule has 0 radical (unpaired) electrons. The molecular weight excluding hydrogens is 618 g/mol. The number of aromatic hydroxyl groups is 1. The van der Waals surface area contributed by atoms with Crippen LogP contribution in [0, 0.1) is 11.8 Å². The van der Waals surface area contributed by atoms with Crippen molar-refractivity contribution in [1.82, 2.24) is 4.90 Å². The highest BCUT2D eigenvalue weighted by Crippen LogP contribution is 2.53. The lowest BCUT2D eigenvalue weighted by atomic mass is 9.57. The van der Waals surface area contributed by atoms with Gasteiger partial charge in [-0.25, -0.2) is 0 Å². The molecule has 11 nitrogen and oxygen atoms in total. The second-order valence-corrected chi connectivity index (χ2v) is 10.9. The molecule has 0 aromatic heterocycles. The van der Waals surface area contributed by atoms with Crippen molar-refractivity contribution < 1.29 is 39.6 Å². The van der Waals surface area contributed by atoms with Crippen molar-refractivity contribution in [2.24, 2.45) is 17.6 Å². The SMILES string of the molecule is Br.CC(Br)C(=O)Nc1ccc2c(c1O)C(O)=C1C(=O)C3(O)C(O)=C(C(N)=O)C(=O)[C@@H](N(C)C)C3CC1C2. The normalized spacial score (nSPS) is 27.7. The number of alkyl halides is 1. The lowest BCUT2D eigenvalue weighted by molar-refractivity contribution is -0.153. The number of phenols is 1. The quantitative estimate of drug-likeness (QED) is 0.159. The fourth-order valence-electron chi connectivity index (χ4n) is 5.55. The van der Waals surface area contributed by atoms with Gasteiger partial charge in [0.05, 0.1) is 22.1 Å². The molecule has 3 aliphatic carbocycles. The van der Waals surface area contributed by atoms with Crippen LogP contribution in [0.2, 0.25) is 0 Å². The number of aliphatic hydroxyl groups excluding tert-OH is 2. The Morgan fingerprint density at radius 3 is 2.38 bits per heavy atom. The van der Waals surface area contributed by atoms with Crippen LogP contribution in [-0.4, -0.2) is 79.3 Å². The minimum atomic E-state index is -2.70. The first-order chi connectivity index (χ1) is 16.7. The maximum atomic E-state index is 13.8. The second-order valence-electron chi connectivity index (χ2n) is 9.56. The number of hydrogen-bond donors (Lipinski definition) is 6. The van der Waals surface area contributed by atoms with Crippen molar-refractivity contribution in [3.8, 4) is 5.75 Å². The number of hydrogen-bond acceptors (Lipinski definition) is 9. The Morgan fingerprint density at radius 2 is 1.84 bits per heavy atom. The van der Waals surface area contributed by atoms with E-state index in [4.69, 9.17) is 5.73 Å². The molecule has 0 saturated heterocycles. The molecule has 4 unspecified atom stereocenters. The number of rotatable bonds is 4. The zero-order valence-electron chi connectivity index (χ0n) is 20.1. The van der Waals surface area contributed by atoms with Gasteiger partial charge in [-0.1, -0.05) is 22.0 Å². The van der Waals surface area contributed by atoms with Crippen LogP contribution < -0.4 is 11.1 Å². The van der Waals surface area contributed by atoms with E-state index in [9.17, 15) is 39.6 Å². The number of carbonyl (C=O) groups is 4. The number of nitrogens with one attached hydrogen (secondary N) is 1. The molecule has 4 rings (SSSR count). The van der Waals surface area contributed by atoms with Crippen molar-refractivity contribution in [3.63, 3.8) is 0 Å². The molecule has 7 N–H and O–H groups in total. The molecule has 13 heteroatoms. The van der Waals surface area contributed by atoms with Crippen LogP contribution in [-0.2, 0) is 25.6 Å². The third kappa shape index (κ3) is 4.17. The summed E-state index contributed by atoms with van der Waals surface area (Å²) < 4.78 is 0. The Kier molecular flexibility index (Phi) is 7.68. The number of amides is 2. The standard InChI is InChI=1S/C24H26BrN3O8.BrH/c1-8(25)23(35)27-12-5-4-9-6-10-7-11-16(28(2)3)19(31)15(22(26)34)21(33)24(11,36)20(32)14(10)18(30)13(9)17(12)29;/h4-5,8,10-11,16,29-30,33,36H,6-7H2,1-3H3,(H2,26,34)(H,27,35);1H/t8?,10?,11?,16-,24?;/m0./s1. The molecule has 1 fully saturated rings. The lowest BCUT2D eigenvalue weighted by Gasteiger charge is -2.50. The predicted molar refractivity (Wildman–Crippen MR) is 142 cm³/mol. The van der Waals surface area contributed by atoms with E-state index in [1.807, 2.05) is 0 Å². The van der Waals surface area contributed by atoms with Gasteiger partial charge in [-0.05, 0) is 51.4 Å². The second kappa shape index (κ2) is 9.86. The van der Waals surface area contributed by atoms with Crippen molar-refractivity contribution in [2.45, 2.75) is 36.2 Å². The number of phenolic OH excluding ortho intramolecular Hbond substituents is 1. The predicted octanol–water partition coefficient (Wildman–Crippen LogP) is 1.26. The minimum Gasteiger partial charge on any atom is -0.508 e. The number of halogens is 2. The summed E-state index contributed by atoms with van der Waals surface area (Å²) in [6.07, 6.45) is 0.178. The first kappa shape index (κ1) is 28.8. The number of anilines is 1. The topological polar surface area (TPSA) is 190 Å². The van der Waals surface area contributed by atoms with Gasteiger partial charge in [-0.2, -0.15) is 0 Å². The van der Waals surface area contributed by atoms with Gasteiger partial charge in [0.25, 0.3) is 5.91 Å². The molecule has 1 aromatic carbocycles. The van der Waals surface area contributed by atoms with Crippen LogP contribution in [0.5, 0.6) is 5.75 Å². The number of ketones is 2. The van der Waals surface area contributed by atoms with E-state index in [0.29, 0.717) is 5.56 Å². The van der Waals surface area contributed by atoms with Gasteiger partial charge in [-0.3, -0.25) is 24.1 Å².